The largest absolute Gasteiger partial charge is 0.352 e. The van der Waals surface area contributed by atoms with Crippen molar-refractivity contribution < 1.29 is 4.92 Å². The number of rotatable bonds is 5. The van der Waals surface area contributed by atoms with E-state index in [9.17, 15) is 10.1 Å². The van der Waals surface area contributed by atoms with Gasteiger partial charge in [-0.05, 0) is 11.6 Å². The fourth-order valence-corrected chi connectivity index (χ4v) is 1.94. The maximum absolute atomic E-state index is 10.8. The van der Waals surface area contributed by atoms with E-state index in [-0.39, 0.29) is 29.7 Å². The summed E-state index contributed by atoms with van der Waals surface area (Å²) in [5.41, 5.74) is 1.92. The number of aromatic nitrogens is 2. The first-order valence-corrected chi connectivity index (χ1v) is 6.75. The minimum Gasteiger partial charge on any atom is -0.352 e. The summed E-state index contributed by atoms with van der Waals surface area (Å²) in [4.78, 5) is 14.5. The van der Waals surface area contributed by atoms with Crippen molar-refractivity contribution in [3.05, 3.63) is 57.9 Å². The zero-order chi connectivity index (χ0) is 15.9. The van der Waals surface area contributed by atoms with E-state index < -0.39 is 4.92 Å². The lowest BCUT2D eigenvalue weighted by Crippen LogP contribution is -2.36. The van der Waals surface area contributed by atoms with E-state index in [2.05, 4.69) is 20.7 Å². The highest BCUT2D eigenvalue weighted by atomic mass is 127. The molecule has 1 aromatic carbocycles. The molecule has 1 heterocycles. The van der Waals surface area contributed by atoms with Crippen molar-refractivity contribution in [2.24, 2.45) is 12.0 Å². The van der Waals surface area contributed by atoms with E-state index >= 15 is 0 Å². The van der Waals surface area contributed by atoms with Gasteiger partial charge in [0.1, 0.15) is 0 Å². The van der Waals surface area contributed by atoms with Crippen molar-refractivity contribution in [2.75, 3.05) is 7.05 Å². The van der Waals surface area contributed by atoms with E-state index in [0.29, 0.717) is 19.0 Å². The molecule has 0 saturated heterocycles. The van der Waals surface area contributed by atoms with Crippen LogP contribution in [0.4, 0.5) is 5.69 Å². The molecule has 0 aliphatic rings. The molecule has 0 bridgehead atoms. The van der Waals surface area contributed by atoms with Crippen LogP contribution in [0.3, 0.4) is 0 Å². The van der Waals surface area contributed by atoms with Crippen LogP contribution in [0.25, 0.3) is 0 Å². The number of halogens is 1. The monoisotopic (exact) mass is 430 g/mol. The first-order valence-electron chi connectivity index (χ1n) is 6.75. The van der Waals surface area contributed by atoms with Crippen LogP contribution in [0.15, 0.2) is 41.5 Å². The Bertz CT molecular complexity index is 685. The number of guanidine groups is 1. The van der Waals surface area contributed by atoms with Gasteiger partial charge in [0.25, 0.3) is 5.69 Å². The Kier molecular flexibility index (Phi) is 7.45. The molecule has 8 nitrogen and oxygen atoms in total. The van der Waals surface area contributed by atoms with Gasteiger partial charge in [0, 0.05) is 39.0 Å². The number of nitro benzene ring substituents is 1. The minimum atomic E-state index is -0.404. The number of aryl methyl sites for hydroxylation is 1. The van der Waals surface area contributed by atoms with Crippen LogP contribution >= 0.6 is 24.0 Å². The summed E-state index contributed by atoms with van der Waals surface area (Å²) in [5, 5.41) is 21.1. The van der Waals surface area contributed by atoms with E-state index in [1.807, 2.05) is 19.2 Å². The van der Waals surface area contributed by atoms with Crippen molar-refractivity contribution in [3.8, 4) is 0 Å². The molecule has 0 radical (unpaired) electrons. The lowest BCUT2D eigenvalue weighted by molar-refractivity contribution is -0.384. The Morgan fingerprint density at radius 1 is 1.35 bits per heavy atom. The van der Waals surface area contributed by atoms with E-state index in [0.717, 1.165) is 11.3 Å². The van der Waals surface area contributed by atoms with Crippen molar-refractivity contribution in [3.63, 3.8) is 0 Å². The number of hydrogen-bond acceptors (Lipinski definition) is 4. The second kappa shape index (κ2) is 9.08. The fraction of sp³-hybridized carbons (Fsp3) is 0.286. The van der Waals surface area contributed by atoms with Gasteiger partial charge in [-0.15, -0.1) is 24.0 Å². The maximum Gasteiger partial charge on any atom is 0.269 e. The Balaban J connectivity index is 0.00000264. The highest BCUT2D eigenvalue weighted by molar-refractivity contribution is 14.0. The summed E-state index contributed by atoms with van der Waals surface area (Å²) in [7, 11) is 3.54. The number of non-ortho nitro benzene ring substituents is 1. The lowest BCUT2D eigenvalue weighted by atomic mass is 10.2. The Labute approximate surface area is 151 Å². The van der Waals surface area contributed by atoms with E-state index in [1.165, 1.54) is 6.07 Å². The molecule has 2 rings (SSSR count). The Morgan fingerprint density at radius 3 is 2.70 bits per heavy atom. The number of nitrogens with one attached hydrogen (secondary N) is 2. The molecule has 23 heavy (non-hydrogen) atoms. The van der Waals surface area contributed by atoms with Gasteiger partial charge in [0.15, 0.2) is 5.96 Å². The van der Waals surface area contributed by atoms with Gasteiger partial charge in [-0.1, -0.05) is 12.1 Å². The highest BCUT2D eigenvalue weighted by Crippen LogP contribution is 2.12. The minimum absolute atomic E-state index is 0. The summed E-state index contributed by atoms with van der Waals surface area (Å²) >= 11 is 0. The van der Waals surface area contributed by atoms with Gasteiger partial charge in [-0.3, -0.25) is 19.8 Å². The van der Waals surface area contributed by atoms with Crippen LogP contribution in [0.2, 0.25) is 0 Å². The predicted octanol–water partition coefficient (Wildman–Crippen LogP) is 1.81. The summed E-state index contributed by atoms with van der Waals surface area (Å²) < 4.78 is 1.78. The van der Waals surface area contributed by atoms with Crippen LogP contribution in [-0.4, -0.2) is 27.7 Å². The quantitative estimate of drug-likeness (QED) is 0.248. The molecule has 124 valence electrons. The van der Waals surface area contributed by atoms with E-state index in [4.69, 9.17) is 0 Å². The third kappa shape index (κ3) is 5.51. The van der Waals surface area contributed by atoms with Crippen LogP contribution in [-0.2, 0) is 20.1 Å². The van der Waals surface area contributed by atoms with Crippen molar-refractivity contribution in [1.82, 2.24) is 20.4 Å². The molecule has 0 fully saturated rings. The van der Waals surface area contributed by atoms with Gasteiger partial charge in [-0.2, -0.15) is 5.10 Å². The zero-order valence-electron chi connectivity index (χ0n) is 12.9. The van der Waals surface area contributed by atoms with Gasteiger partial charge in [0.05, 0.1) is 17.2 Å². The van der Waals surface area contributed by atoms with Crippen LogP contribution in [0.1, 0.15) is 11.3 Å². The van der Waals surface area contributed by atoms with Crippen molar-refractivity contribution >= 4 is 35.6 Å². The Morgan fingerprint density at radius 2 is 2.09 bits per heavy atom. The van der Waals surface area contributed by atoms with Gasteiger partial charge in [0.2, 0.25) is 0 Å². The third-order valence-corrected chi connectivity index (χ3v) is 3.16. The number of nitrogens with zero attached hydrogens (tertiary/aromatic N) is 4. The standard InChI is InChI=1S/C14H18N6O2.HI/c1-15-14(17-10-13-6-7-18-19(13)2)16-9-11-4-3-5-12(8-11)20(21)22;/h3-8H,9-10H2,1-2H3,(H2,15,16,17);1H. The second-order valence-corrected chi connectivity index (χ2v) is 4.65. The molecule has 1 aromatic heterocycles. The molecule has 0 aliphatic heterocycles. The smallest absolute Gasteiger partial charge is 0.269 e. The third-order valence-electron chi connectivity index (χ3n) is 3.16. The summed E-state index contributed by atoms with van der Waals surface area (Å²) in [5.74, 6) is 0.618. The molecule has 2 N–H and O–H groups in total. The zero-order valence-corrected chi connectivity index (χ0v) is 15.2. The van der Waals surface area contributed by atoms with Gasteiger partial charge in [-0.25, -0.2) is 0 Å². The molecule has 0 atom stereocenters. The second-order valence-electron chi connectivity index (χ2n) is 4.65. The van der Waals surface area contributed by atoms with Gasteiger partial charge < -0.3 is 10.6 Å². The average Bonchev–Trinajstić information content (AvgIpc) is 2.93. The summed E-state index contributed by atoms with van der Waals surface area (Å²) in [6, 6.07) is 8.43. The van der Waals surface area contributed by atoms with E-state index in [1.54, 1.807) is 30.1 Å². The highest BCUT2D eigenvalue weighted by Gasteiger charge is 2.06. The molecular weight excluding hydrogens is 411 g/mol. The first-order chi connectivity index (χ1) is 10.6. The summed E-state index contributed by atoms with van der Waals surface area (Å²) in [6.45, 7) is 1.04. The molecule has 9 heteroatoms. The molecule has 0 unspecified atom stereocenters. The fourth-order valence-electron chi connectivity index (χ4n) is 1.94. The van der Waals surface area contributed by atoms with Crippen LogP contribution in [0, 0.1) is 10.1 Å². The molecule has 0 spiro atoms. The molecule has 0 amide bonds. The maximum atomic E-state index is 10.8. The molecule has 0 aliphatic carbocycles. The van der Waals surface area contributed by atoms with Crippen LogP contribution < -0.4 is 10.6 Å². The normalized spacial score (nSPS) is 10.8. The number of hydrogen-bond donors (Lipinski definition) is 2. The number of aliphatic imine (C=N–C) groups is 1. The van der Waals surface area contributed by atoms with Crippen LogP contribution in [0.5, 0.6) is 0 Å². The average molecular weight is 430 g/mol. The number of benzene rings is 1. The topological polar surface area (TPSA) is 97.4 Å². The molecular formula is C14H19IN6O2. The van der Waals surface area contributed by atoms with Gasteiger partial charge >= 0.3 is 0 Å². The SMILES string of the molecule is CN=C(NCc1cccc([N+](=O)[O-])c1)NCc1ccnn1C.I. The first kappa shape index (κ1) is 18.9. The van der Waals surface area contributed by atoms with Crippen molar-refractivity contribution in [2.45, 2.75) is 13.1 Å². The number of nitro groups is 1. The molecule has 2 aromatic rings. The molecule has 0 saturated carbocycles. The predicted molar refractivity (Wildman–Crippen MR) is 98.8 cm³/mol. The lowest BCUT2D eigenvalue weighted by Gasteiger charge is -2.12. The van der Waals surface area contributed by atoms with Crippen molar-refractivity contribution in [1.29, 1.82) is 0 Å². The Hall–Kier alpha value is -2.17. The summed E-state index contributed by atoms with van der Waals surface area (Å²) in [6.07, 6.45) is 1.73.